The van der Waals surface area contributed by atoms with E-state index in [-0.39, 0.29) is 4.90 Å². The Kier molecular flexibility index (Phi) is 6.34. The molecule has 0 spiro atoms. The van der Waals surface area contributed by atoms with Crippen LogP contribution in [0, 0.1) is 6.92 Å². The van der Waals surface area contributed by atoms with Crippen LogP contribution < -0.4 is 9.57 Å². The van der Waals surface area contributed by atoms with Crippen molar-refractivity contribution >= 4 is 27.8 Å². The second-order valence-electron chi connectivity index (χ2n) is 6.12. The Morgan fingerprint density at radius 3 is 2.39 bits per heavy atom. The van der Waals surface area contributed by atoms with Crippen LogP contribution in [0.15, 0.2) is 82.8 Å². The molecule has 1 N–H and O–H groups in total. The van der Waals surface area contributed by atoms with Crippen LogP contribution in [0.5, 0.6) is 5.75 Å². The summed E-state index contributed by atoms with van der Waals surface area (Å²) < 4.78 is 30.4. The van der Waals surface area contributed by atoms with E-state index in [0.717, 1.165) is 11.1 Å². The monoisotopic (exact) mass is 414 g/mol. The number of hydrogen-bond donors (Lipinski definition) is 1. The van der Waals surface area contributed by atoms with E-state index in [4.69, 9.17) is 16.3 Å². The summed E-state index contributed by atoms with van der Waals surface area (Å²) in [5.41, 5.74) is 2.61. The van der Waals surface area contributed by atoms with E-state index in [9.17, 15) is 8.42 Å². The molecule has 144 valence electrons. The molecule has 0 unspecified atom stereocenters. The van der Waals surface area contributed by atoms with Gasteiger partial charge >= 0.3 is 0 Å². The molecular weight excluding hydrogens is 396 g/mol. The summed E-state index contributed by atoms with van der Waals surface area (Å²) >= 11 is 5.89. The number of ether oxygens (including phenoxy) is 1. The Morgan fingerprint density at radius 2 is 1.68 bits per heavy atom. The molecule has 0 saturated carbocycles. The lowest BCUT2D eigenvalue weighted by atomic mass is 10.2. The van der Waals surface area contributed by atoms with Crippen LogP contribution >= 0.6 is 11.6 Å². The first-order valence-corrected chi connectivity index (χ1v) is 10.4. The van der Waals surface area contributed by atoms with Crippen LogP contribution in [0.25, 0.3) is 0 Å². The average molecular weight is 415 g/mol. The molecule has 7 heteroatoms. The van der Waals surface area contributed by atoms with Crippen molar-refractivity contribution in [3.63, 3.8) is 0 Å². The summed E-state index contributed by atoms with van der Waals surface area (Å²) in [6, 6.07) is 21.2. The fourth-order valence-electron chi connectivity index (χ4n) is 2.40. The number of rotatable bonds is 7. The zero-order chi connectivity index (χ0) is 20.0. The minimum absolute atomic E-state index is 0.155. The van der Waals surface area contributed by atoms with Crippen LogP contribution in [0.4, 0.5) is 0 Å². The molecule has 0 aliphatic heterocycles. The maximum atomic E-state index is 12.3. The van der Waals surface area contributed by atoms with Crippen LogP contribution in [-0.4, -0.2) is 14.6 Å². The molecule has 3 aromatic carbocycles. The molecule has 0 aliphatic rings. The quantitative estimate of drug-likeness (QED) is 0.456. The van der Waals surface area contributed by atoms with Gasteiger partial charge in [-0.3, -0.25) is 0 Å². The Bertz CT molecular complexity index is 1060. The summed E-state index contributed by atoms with van der Waals surface area (Å²) in [5.74, 6) is 0.593. The van der Waals surface area contributed by atoms with E-state index < -0.39 is 10.0 Å². The first-order valence-electron chi connectivity index (χ1n) is 8.52. The maximum Gasteiger partial charge on any atom is 0.276 e. The van der Waals surface area contributed by atoms with E-state index in [0.29, 0.717) is 22.9 Å². The average Bonchev–Trinajstić information content (AvgIpc) is 2.69. The summed E-state index contributed by atoms with van der Waals surface area (Å²) in [6.07, 6.45) is 1.42. The topological polar surface area (TPSA) is 67.8 Å². The number of hydrazone groups is 1. The molecule has 3 aromatic rings. The van der Waals surface area contributed by atoms with Crippen molar-refractivity contribution in [2.24, 2.45) is 5.10 Å². The summed E-state index contributed by atoms with van der Waals surface area (Å²) in [5, 5.41) is 4.54. The second kappa shape index (κ2) is 8.91. The largest absolute Gasteiger partial charge is 0.488 e. The normalized spacial score (nSPS) is 11.5. The van der Waals surface area contributed by atoms with Gasteiger partial charge in [0, 0.05) is 10.6 Å². The number of nitrogens with one attached hydrogen (secondary N) is 1. The summed E-state index contributed by atoms with van der Waals surface area (Å²) in [6.45, 7) is 2.25. The van der Waals surface area contributed by atoms with E-state index in [1.165, 1.54) is 18.3 Å². The van der Waals surface area contributed by atoms with Crippen LogP contribution in [0.2, 0.25) is 5.02 Å². The van der Waals surface area contributed by atoms with Crippen LogP contribution in [0.3, 0.4) is 0 Å². The Hall–Kier alpha value is -2.83. The molecule has 0 aromatic heterocycles. The van der Waals surface area contributed by atoms with Crippen molar-refractivity contribution in [2.75, 3.05) is 0 Å². The molecule has 3 rings (SSSR count). The smallest absolute Gasteiger partial charge is 0.276 e. The first-order chi connectivity index (χ1) is 13.4. The third-order valence-electron chi connectivity index (χ3n) is 3.93. The lowest BCUT2D eigenvalue weighted by Crippen LogP contribution is -2.18. The predicted octanol–water partition coefficient (Wildman–Crippen LogP) is 4.54. The SMILES string of the molecule is Cc1ccc(S(=O)(=O)N/N=C/c2ccccc2OCc2ccc(Cl)cc2)cc1. The fourth-order valence-corrected chi connectivity index (χ4v) is 3.31. The van der Waals surface area contributed by atoms with Gasteiger partial charge in [-0.05, 0) is 48.9 Å². The van der Waals surface area contributed by atoms with Crippen LogP contribution in [-0.2, 0) is 16.6 Å². The van der Waals surface area contributed by atoms with Gasteiger partial charge in [-0.25, -0.2) is 4.83 Å². The van der Waals surface area contributed by atoms with E-state index >= 15 is 0 Å². The Labute approximate surface area is 169 Å². The van der Waals surface area contributed by atoms with Gasteiger partial charge in [0.15, 0.2) is 0 Å². The van der Waals surface area contributed by atoms with Gasteiger partial charge in [0.25, 0.3) is 10.0 Å². The molecular formula is C21H19ClN2O3S. The number of nitrogens with zero attached hydrogens (tertiary/aromatic N) is 1. The Balaban J connectivity index is 1.68. The van der Waals surface area contributed by atoms with Crippen molar-refractivity contribution in [3.05, 3.63) is 94.5 Å². The minimum Gasteiger partial charge on any atom is -0.488 e. The van der Waals surface area contributed by atoms with E-state index in [1.807, 2.05) is 31.2 Å². The zero-order valence-electron chi connectivity index (χ0n) is 15.2. The highest BCUT2D eigenvalue weighted by Gasteiger charge is 2.12. The molecule has 28 heavy (non-hydrogen) atoms. The van der Waals surface area contributed by atoms with Gasteiger partial charge in [-0.1, -0.05) is 53.6 Å². The molecule has 0 amide bonds. The summed E-state index contributed by atoms with van der Waals surface area (Å²) in [7, 11) is -3.72. The summed E-state index contributed by atoms with van der Waals surface area (Å²) in [4.78, 5) is 2.38. The van der Waals surface area contributed by atoms with Gasteiger partial charge in [-0.15, -0.1) is 0 Å². The molecule has 0 aliphatic carbocycles. The van der Waals surface area contributed by atoms with Crippen LogP contribution in [0.1, 0.15) is 16.7 Å². The number of hydrogen-bond acceptors (Lipinski definition) is 4. The minimum atomic E-state index is -3.72. The number of aryl methyl sites for hydroxylation is 1. The molecule has 0 saturated heterocycles. The van der Waals surface area contributed by atoms with Gasteiger partial charge < -0.3 is 4.74 Å². The van der Waals surface area contributed by atoms with Gasteiger partial charge in [0.2, 0.25) is 0 Å². The van der Waals surface area contributed by atoms with Crippen molar-refractivity contribution < 1.29 is 13.2 Å². The molecule has 0 heterocycles. The zero-order valence-corrected chi connectivity index (χ0v) is 16.7. The second-order valence-corrected chi connectivity index (χ2v) is 8.22. The molecule has 0 atom stereocenters. The lowest BCUT2D eigenvalue weighted by Gasteiger charge is -2.09. The third kappa shape index (κ3) is 5.34. The molecule has 0 bridgehead atoms. The van der Waals surface area contributed by atoms with Crippen molar-refractivity contribution in [1.29, 1.82) is 0 Å². The lowest BCUT2D eigenvalue weighted by molar-refractivity contribution is 0.306. The number of sulfonamides is 1. The first kappa shape index (κ1) is 19.9. The number of para-hydroxylation sites is 1. The van der Waals surface area contributed by atoms with Crippen molar-refractivity contribution in [3.8, 4) is 5.75 Å². The molecule has 0 fully saturated rings. The number of benzene rings is 3. The van der Waals surface area contributed by atoms with Gasteiger partial charge in [0.05, 0.1) is 11.1 Å². The van der Waals surface area contributed by atoms with Crippen molar-refractivity contribution in [2.45, 2.75) is 18.4 Å². The van der Waals surface area contributed by atoms with Gasteiger partial charge in [0.1, 0.15) is 12.4 Å². The van der Waals surface area contributed by atoms with E-state index in [1.54, 1.807) is 36.4 Å². The highest BCUT2D eigenvalue weighted by molar-refractivity contribution is 7.89. The standard InChI is InChI=1S/C21H19ClN2O3S/c1-16-6-12-20(13-7-16)28(25,26)24-23-14-18-4-2-3-5-21(18)27-15-17-8-10-19(22)11-9-17/h2-14,24H,15H2,1H3/b23-14+. The highest BCUT2D eigenvalue weighted by Crippen LogP contribution is 2.18. The molecule has 5 nitrogen and oxygen atoms in total. The fraction of sp³-hybridized carbons (Fsp3) is 0.0952. The maximum absolute atomic E-state index is 12.3. The van der Waals surface area contributed by atoms with Crippen molar-refractivity contribution in [1.82, 2.24) is 4.83 Å². The predicted molar refractivity (Wildman–Crippen MR) is 111 cm³/mol. The highest BCUT2D eigenvalue weighted by atomic mass is 35.5. The third-order valence-corrected chi connectivity index (χ3v) is 5.42. The number of halogens is 1. The van der Waals surface area contributed by atoms with Gasteiger partial charge in [-0.2, -0.15) is 13.5 Å². The molecule has 0 radical (unpaired) electrons. The van der Waals surface area contributed by atoms with E-state index in [2.05, 4.69) is 9.93 Å². The Morgan fingerprint density at radius 1 is 1.00 bits per heavy atom.